The Bertz CT molecular complexity index is 331. The van der Waals surface area contributed by atoms with Gasteiger partial charge in [-0.3, -0.25) is 10.1 Å². The lowest BCUT2D eigenvalue weighted by Crippen LogP contribution is -2.43. The van der Waals surface area contributed by atoms with Crippen molar-refractivity contribution in [1.29, 1.82) is 0 Å². The predicted octanol–water partition coefficient (Wildman–Crippen LogP) is -0.804. The molecule has 0 amide bonds. The number of aliphatic imine (C=N–C) groups is 2. The highest BCUT2D eigenvalue weighted by Gasteiger charge is 2.46. The summed E-state index contributed by atoms with van der Waals surface area (Å²) in [6.07, 6.45) is 0.883. The van der Waals surface area contributed by atoms with Crippen LogP contribution in [0.5, 0.6) is 0 Å². The summed E-state index contributed by atoms with van der Waals surface area (Å²) in [6.45, 7) is 0.270. The van der Waals surface area contributed by atoms with Gasteiger partial charge in [-0.1, -0.05) is 0 Å². The van der Waals surface area contributed by atoms with Crippen LogP contribution in [0.4, 0.5) is 0 Å². The Balaban J connectivity index is 2.04. The molecule has 2 aliphatic heterocycles. The summed E-state index contributed by atoms with van der Waals surface area (Å²) in [4.78, 5) is 17.8. The van der Waals surface area contributed by atoms with Crippen LogP contribution in [0.25, 0.3) is 0 Å². The first-order chi connectivity index (χ1) is 7.62. The molecule has 8 heteroatoms. The summed E-state index contributed by atoms with van der Waals surface area (Å²) in [7, 11) is 0. The smallest absolute Gasteiger partial charge is 0.373 e. The molecular weight excluding hydrogens is 218 g/mol. The quantitative estimate of drug-likeness (QED) is 0.503. The zero-order chi connectivity index (χ0) is 11.6. The molecule has 88 valence electrons. The highest BCUT2D eigenvalue weighted by Crippen LogP contribution is 2.26. The van der Waals surface area contributed by atoms with Gasteiger partial charge in [0.1, 0.15) is 0 Å². The van der Waals surface area contributed by atoms with Crippen LogP contribution in [0.2, 0.25) is 0 Å². The molecule has 1 fully saturated rings. The van der Waals surface area contributed by atoms with E-state index in [4.69, 9.17) is 9.47 Å². The molecule has 0 saturated carbocycles. The molecule has 16 heavy (non-hydrogen) atoms. The summed E-state index contributed by atoms with van der Waals surface area (Å²) in [5, 5.41) is 20.1. The summed E-state index contributed by atoms with van der Waals surface area (Å²) in [5.74, 6) is -1.72. The molecule has 0 aromatic heterocycles. The summed E-state index contributed by atoms with van der Waals surface area (Å²) in [6, 6.07) is 0. The van der Waals surface area contributed by atoms with Crippen LogP contribution in [0.3, 0.4) is 0 Å². The molecule has 2 rings (SSSR count). The van der Waals surface area contributed by atoms with Crippen LogP contribution in [-0.2, 0) is 9.47 Å². The van der Waals surface area contributed by atoms with Gasteiger partial charge < -0.3 is 14.6 Å². The van der Waals surface area contributed by atoms with E-state index in [9.17, 15) is 15.2 Å². The van der Waals surface area contributed by atoms with Gasteiger partial charge in [0, 0.05) is 12.4 Å². The van der Waals surface area contributed by atoms with E-state index in [2.05, 4.69) is 9.98 Å². The Morgan fingerprint density at radius 3 is 2.75 bits per heavy atom. The third-order valence-corrected chi connectivity index (χ3v) is 2.34. The number of ether oxygens (including phenoxy) is 2. The van der Waals surface area contributed by atoms with Gasteiger partial charge in [-0.2, -0.15) is 9.98 Å². The molecule has 2 heterocycles. The first-order valence-corrected chi connectivity index (χ1v) is 4.77. The molecule has 1 N–H and O–H groups in total. The minimum Gasteiger partial charge on any atom is -0.373 e. The van der Waals surface area contributed by atoms with Crippen molar-refractivity contribution in [1.82, 2.24) is 0 Å². The van der Waals surface area contributed by atoms with Crippen LogP contribution in [0.15, 0.2) is 9.98 Å². The molecule has 2 unspecified atom stereocenters. The zero-order valence-corrected chi connectivity index (χ0v) is 8.35. The molecule has 8 nitrogen and oxygen atoms in total. The van der Waals surface area contributed by atoms with E-state index >= 15 is 0 Å². The fourth-order valence-corrected chi connectivity index (χ4v) is 1.63. The number of nitrogens with zero attached hydrogens (tertiary/aromatic N) is 3. The second kappa shape index (κ2) is 4.24. The average Bonchev–Trinajstić information content (AvgIpc) is 2.67. The van der Waals surface area contributed by atoms with E-state index in [1.807, 2.05) is 0 Å². The van der Waals surface area contributed by atoms with Gasteiger partial charge in [0.25, 0.3) is 0 Å². The van der Waals surface area contributed by atoms with Crippen molar-refractivity contribution in [2.24, 2.45) is 9.98 Å². The van der Waals surface area contributed by atoms with Crippen LogP contribution < -0.4 is 0 Å². The third-order valence-electron chi connectivity index (χ3n) is 2.34. The van der Waals surface area contributed by atoms with Gasteiger partial charge in [0.15, 0.2) is 6.29 Å². The monoisotopic (exact) mass is 229 g/mol. The highest BCUT2D eigenvalue weighted by atomic mass is 16.7. The first kappa shape index (κ1) is 11.1. The summed E-state index contributed by atoms with van der Waals surface area (Å²) in [5.41, 5.74) is 0. The number of hydrogen-bond acceptors (Lipinski definition) is 7. The van der Waals surface area contributed by atoms with E-state index in [0.717, 1.165) is 0 Å². The van der Waals surface area contributed by atoms with Crippen LogP contribution in [0.1, 0.15) is 6.42 Å². The molecule has 2 atom stereocenters. The van der Waals surface area contributed by atoms with E-state index < -0.39 is 23.1 Å². The van der Waals surface area contributed by atoms with E-state index in [1.54, 1.807) is 0 Å². The van der Waals surface area contributed by atoms with Gasteiger partial charge in [0.2, 0.25) is 0 Å². The van der Waals surface area contributed by atoms with Gasteiger partial charge >= 0.3 is 5.79 Å². The molecule has 0 aliphatic carbocycles. The van der Waals surface area contributed by atoms with E-state index in [-0.39, 0.29) is 19.6 Å². The van der Waals surface area contributed by atoms with Crippen molar-refractivity contribution in [3.8, 4) is 0 Å². The normalized spacial score (nSPS) is 31.8. The number of aliphatic hydroxyl groups excluding tert-OH is 1. The van der Waals surface area contributed by atoms with Crippen LogP contribution >= 0.6 is 0 Å². The van der Waals surface area contributed by atoms with Crippen LogP contribution in [-0.4, -0.2) is 53.9 Å². The number of nitro groups is 1. The van der Waals surface area contributed by atoms with Gasteiger partial charge in [-0.25, -0.2) is 0 Å². The fourth-order valence-electron chi connectivity index (χ4n) is 1.63. The Hall–Kier alpha value is -1.38. The topological polar surface area (TPSA) is 107 Å². The molecule has 0 bridgehead atoms. The number of aliphatic hydroxyl groups is 1. The Kier molecular flexibility index (Phi) is 2.95. The van der Waals surface area contributed by atoms with Crippen molar-refractivity contribution in [2.75, 3.05) is 13.2 Å². The average molecular weight is 229 g/mol. The summed E-state index contributed by atoms with van der Waals surface area (Å²) >= 11 is 0. The lowest BCUT2D eigenvalue weighted by atomic mass is 10.1. The maximum atomic E-state index is 10.9. The zero-order valence-electron chi connectivity index (χ0n) is 8.35. The first-order valence-electron chi connectivity index (χ1n) is 4.77. The molecule has 2 aliphatic rings. The molecule has 0 radical (unpaired) electrons. The summed E-state index contributed by atoms with van der Waals surface area (Å²) < 4.78 is 10.1. The fraction of sp³-hybridized carbons (Fsp3) is 0.750. The van der Waals surface area contributed by atoms with Crippen molar-refractivity contribution >= 4 is 12.4 Å². The largest absolute Gasteiger partial charge is 0.414 e. The van der Waals surface area contributed by atoms with Crippen molar-refractivity contribution < 1.29 is 19.5 Å². The van der Waals surface area contributed by atoms with Crippen molar-refractivity contribution in [2.45, 2.75) is 24.6 Å². The minimum absolute atomic E-state index is 0.0515. The Labute approximate surface area is 90.7 Å². The van der Waals surface area contributed by atoms with Crippen molar-refractivity contribution in [3.63, 3.8) is 0 Å². The lowest BCUT2D eigenvalue weighted by Gasteiger charge is -2.28. The van der Waals surface area contributed by atoms with Gasteiger partial charge in [0.05, 0.1) is 30.7 Å². The van der Waals surface area contributed by atoms with E-state index in [0.29, 0.717) is 0 Å². The maximum absolute atomic E-state index is 10.9. The minimum atomic E-state index is -1.72. The lowest BCUT2D eigenvalue weighted by molar-refractivity contribution is -0.569. The van der Waals surface area contributed by atoms with Crippen LogP contribution in [0, 0.1) is 10.1 Å². The molecule has 0 aromatic carbocycles. The second-order valence-corrected chi connectivity index (χ2v) is 3.54. The predicted molar refractivity (Wildman–Crippen MR) is 53.0 cm³/mol. The highest BCUT2D eigenvalue weighted by molar-refractivity contribution is 6.17. The second-order valence-electron chi connectivity index (χ2n) is 3.54. The molecule has 0 spiro atoms. The molecular formula is C8H11N3O5. The maximum Gasteiger partial charge on any atom is 0.414 e. The number of hydrogen-bond donors (Lipinski definition) is 1. The SMILES string of the molecule is O=[N+]([O-])C1(CC2COCC(O)O2)N=CC=N1. The standard InChI is InChI=1S/C8H11N3O5/c12-7-5-15-4-6(16-7)3-8(11(13)14)9-1-2-10-8/h1-2,6-7,12H,3-5H2. The van der Waals surface area contributed by atoms with Gasteiger partial charge in [-0.05, 0) is 0 Å². The van der Waals surface area contributed by atoms with Crippen molar-refractivity contribution in [3.05, 3.63) is 10.1 Å². The number of rotatable bonds is 3. The van der Waals surface area contributed by atoms with Gasteiger partial charge in [-0.15, -0.1) is 0 Å². The Morgan fingerprint density at radius 2 is 2.19 bits per heavy atom. The molecule has 0 aromatic rings. The van der Waals surface area contributed by atoms with E-state index in [1.165, 1.54) is 12.4 Å². The molecule has 1 saturated heterocycles. The Morgan fingerprint density at radius 1 is 1.50 bits per heavy atom. The third kappa shape index (κ3) is 2.08.